The Morgan fingerprint density at radius 2 is 2.00 bits per heavy atom. The largest absolute Gasteiger partial charge is 0.346 e. The summed E-state index contributed by atoms with van der Waals surface area (Å²) < 4.78 is 2.36. The zero-order chi connectivity index (χ0) is 11.3. The topological polar surface area (TPSA) is 8.17 Å². The van der Waals surface area contributed by atoms with Crippen LogP contribution >= 0.6 is 0 Å². The molecule has 0 N–H and O–H groups in total. The van der Waals surface area contributed by atoms with Gasteiger partial charge in [0.2, 0.25) is 0 Å². The second-order valence-corrected chi connectivity index (χ2v) is 4.99. The van der Waals surface area contributed by atoms with Gasteiger partial charge >= 0.3 is 0 Å². The fraction of sp³-hybridized carbons (Fsp3) is 0.429. The SMILES string of the molecule is Cc1ccc2c(c1)c1c(n2C)CN(C)CC1. The van der Waals surface area contributed by atoms with Crippen molar-refractivity contribution in [1.82, 2.24) is 9.47 Å². The molecule has 0 amide bonds. The van der Waals surface area contributed by atoms with Gasteiger partial charge in [0.05, 0.1) is 0 Å². The summed E-state index contributed by atoms with van der Waals surface area (Å²) in [5, 5.41) is 1.46. The first-order chi connectivity index (χ1) is 7.66. The molecule has 2 heteroatoms. The molecule has 2 nitrogen and oxygen atoms in total. The smallest absolute Gasteiger partial charge is 0.0483 e. The summed E-state index contributed by atoms with van der Waals surface area (Å²) >= 11 is 0. The third-order valence-electron chi connectivity index (χ3n) is 3.75. The molecular weight excluding hydrogens is 196 g/mol. The van der Waals surface area contributed by atoms with E-state index in [1.165, 1.54) is 35.1 Å². The predicted molar refractivity (Wildman–Crippen MR) is 67.7 cm³/mol. The fourth-order valence-electron chi connectivity index (χ4n) is 2.81. The van der Waals surface area contributed by atoms with E-state index < -0.39 is 0 Å². The molecule has 0 saturated heterocycles. The fourth-order valence-corrected chi connectivity index (χ4v) is 2.81. The van der Waals surface area contributed by atoms with Crippen molar-refractivity contribution in [3.8, 4) is 0 Å². The Hall–Kier alpha value is -1.28. The number of hydrogen-bond acceptors (Lipinski definition) is 1. The summed E-state index contributed by atoms with van der Waals surface area (Å²) in [7, 11) is 4.39. The number of nitrogens with zero attached hydrogens (tertiary/aromatic N) is 2. The molecular formula is C14H18N2. The molecule has 0 aliphatic carbocycles. The number of aryl methyl sites for hydroxylation is 2. The van der Waals surface area contributed by atoms with Crippen molar-refractivity contribution in [1.29, 1.82) is 0 Å². The quantitative estimate of drug-likeness (QED) is 0.654. The first-order valence-corrected chi connectivity index (χ1v) is 5.92. The van der Waals surface area contributed by atoms with Crippen LogP contribution in [0.15, 0.2) is 18.2 Å². The second kappa shape index (κ2) is 3.36. The van der Waals surface area contributed by atoms with Crippen LogP contribution in [-0.4, -0.2) is 23.1 Å². The van der Waals surface area contributed by atoms with Crippen LogP contribution in [-0.2, 0) is 20.0 Å². The monoisotopic (exact) mass is 214 g/mol. The lowest BCUT2D eigenvalue weighted by molar-refractivity contribution is 0.305. The van der Waals surface area contributed by atoms with E-state index in [-0.39, 0.29) is 0 Å². The highest BCUT2D eigenvalue weighted by Gasteiger charge is 2.20. The highest BCUT2D eigenvalue weighted by molar-refractivity contribution is 5.86. The summed E-state index contributed by atoms with van der Waals surface area (Å²) in [5.74, 6) is 0. The van der Waals surface area contributed by atoms with Crippen molar-refractivity contribution in [2.75, 3.05) is 13.6 Å². The van der Waals surface area contributed by atoms with Crippen LogP contribution in [0.1, 0.15) is 16.8 Å². The Labute approximate surface area is 96.5 Å². The molecule has 0 atom stereocenters. The lowest BCUT2D eigenvalue weighted by Crippen LogP contribution is -2.27. The van der Waals surface area contributed by atoms with Gasteiger partial charge in [-0.15, -0.1) is 0 Å². The standard InChI is InChI=1S/C14H18N2/c1-10-4-5-13-12(8-10)11-6-7-15(2)9-14(11)16(13)3/h4-5,8H,6-7,9H2,1-3H3. The molecule has 3 rings (SSSR count). The average Bonchev–Trinajstić information content (AvgIpc) is 2.52. The van der Waals surface area contributed by atoms with Gasteiger partial charge in [-0.3, -0.25) is 0 Å². The van der Waals surface area contributed by atoms with Gasteiger partial charge in [-0.05, 0) is 38.1 Å². The molecule has 1 aromatic heterocycles. The van der Waals surface area contributed by atoms with Gasteiger partial charge in [0.1, 0.15) is 0 Å². The van der Waals surface area contributed by atoms with Gasteiger partial charge in [-0.1, -0.05) is 11.6 Å². The van der Waals surface area contributed by atoms with Crippen LogP contribution in [0.5, 0.6) is 0 Å². The molecule has 0 unspecified atom stereocenters. The second-order valence-electron chi connectivity index (χ2n) is 4.99. The molecule has 84 valence electrons. The Morgan fingerprint density at radius 3 is 2.81 bits per heavy atom. The minimum atomic E-state index is 1.08. The number of benzene rings is 1. The number of aromatic nitrogens is 1. The first-order valence-electron chi connectivity index (χ1n) is 5.92. The number of hydrogen-bond donors (Lipinski definition) is 0. The third kappa shape index (κ3) is 1.30. The van der Waals surface area contributed by atoms with E-state index in [0.29, 0.717) is 0 Å². The maximum absolute atomic E-state index is 2.40. The van der Waals surface area contributed by atoms with Gasteiger partial charge in [-0.25, -0.2) is 0 Å². The summed E-state index contributed by atoms with van der Waals surface area (Å²) in [6.07, 6.45) is 1.19. The van der Waals surface area contributed by atoms with Crippen LogP contribution in [0, 0.1) is 6.92 Å². The van der Waals surface area contributed by atoms with Crippen molar-refractivity contribution < 1.29 is 0 Å². The lowest BCUT2D eigenvalue weighted by atomic mass is 10.0. The zero-order valence-corrected chi connectivity index (χ0v) is 10.2. The molecule has 0 saturated carbocycles. The van der Waals surface area contributed by atoms with Gasteiger partial charge in [0, 0.05) is 36.7 Å². The minimum absolute atomic E-state index is 1.08. The third-order valence-corrected chi connectivity index (χ3v) is 3.75. The van der Waals surface area contributed by atoms with Crippen LogP contribution < -0.4 is 0 Å². The van der Waals surface area contributed by atoms with Gasteiger partial charge in [0.15, 0.2) is 0 Å². The van der Waals surface area contributed by atoms with Crippen LogP contribution in [0.25, 0.3) is 10.9 Å². The summed E-state index contributed by atoms with van der Waals surface area (Å²) in [4.78, 5) is 2.40. The number of likely N-dealkylation sites (N-methyl/N-ethyl adjacent to an activating group) is 1. The maximum Gasteiger partial charge on any atom is 0.0483 e. The molecule has 1 aliphatic heterocycles. The molecule has 2 aromatic rings. The van der Waals surface area contributed by atoms with E-state index in [4.69, 9.17) is 0 Å². The Morgan fingerprint density at radius 1 is 1.19 bits per heavy atom. The molecule has 2 heterocycles. The number of rotatable bonds is 0. The summed E-state index contributed by atoms with van der Waals surface area (Å²) in [6, 6.07) is 6.79. The highest BCUT2D eigenvalue weighted by atomic mass is 15.1. The van der Waals surface area contributed by atoms with Crippen molar-refractivity contribution in [3.63, 3.8) is 0 Å². The highest BCUT2D eigenvalue weighted by Crippen LogP contribution is 2.30. The zero-order valence-electron chi connectivity index (χ0n) is 10.2. The summed E-state index contributed by atoms with van der Waals surface area (Å²) in [5.41, 5.74) is 5.80. The molecule has 0 bridgehead atoms. The minimum Gasteiger partial charge on any atom is -0.346 e. The molecule has 0 spiro atoms. The van der Waals surface area contributed by atoms with Crippen molar-refractivity contribution in [2.24, 2.45) is 7.05 Å². The first kappa shape index (κ1) is 9.91. The molecule has 0 fully saturated rings. The molecule has 16 heavy (non-hydrogen) atoms. The van der Waals surface area contributed by atoms with Crippen molar-refractivity contribution >= 4 is 10.9 Å². The van der Waals surface area contributed by atoms with E-state index in [0.717, 1.165) is 6.54 Å². The Bertz CT molecular complexity index is 551. The van der Waals surface area contributed by atoms with Crippen LogP contribution in [0.4, 0.5) is 0 Å². The van der Waals surface area contributed by atoms with Crippen molar-refractivity contribution in [3.05, 3.63) is 35.0 Å². The van der Waals surface area contributed by atoms with E-state index in [1.54, 1.807) is 5.56 Å². The van der Waals surface area contributed by atoms with Crippen LogP contribution in [0.3, 0.4) is 0 Å². The molecule has 0 radical (unpaired) electrons. The van der Waals surface area contributed by atoms with E-state index in [9.17, 15) is 0 Å². The van der Waals surface area contributed by atoms with Gasteiger partial charge < -0.3 is 9.47 Å². The molecule has 1 aliphatic rings. The Balaban J connectivity index is 2.32. The molecule has 1 aromatic carbocycles. The van der Waals surface area contributed by atoms with E-state index >= 15 is 0 Å². The van der Waals surface area contributed by atoms with E-state index in [1.807, 2.05) is 0 Å². The average molecular weight is 214 g/mol. The lowest BCUT2D eigenvalue weighted by Gasteiger charge is -2.23. The van der Waals surface area contributed by atoms with Gasteiger partial charge in [-0.2, -0.15) is 0 Å². The van der Waals surface area contributed by atoms with Crippen molar-refractivity contribution in [2.45, 2.75) is 19.9 Å². The van der Waals surface area contributed by atoms with Crippen LogP contribution in [0.2, 0.25) is 0 Å². The predicted octanol–water partition coefficient (Wildman–Crippen LogP) is 2.47. The van der Waals surface area contributed by atoms with Gasteiger partial charge in [0.25, 0.3) is 0 Å². The maximum atomic E-state index is 2.40. The normalized spacial score (nSPS) is 16.7. The Kier molecular flexibility index (Phi) is 2.08. The number of fused-ring (bicyclic) bond motifs is 3. The summed E-state index contributed by atoms with van der Waals surface area (Å²) in [6.45, 7) is 4.44. The van der Waals surface area contributed by atoms with E-state index in [2.05, 4.69) is 48.7 Å².